The lowest BCUT2D eigenvalue weighted by Crippen LogP contribution is -2.44. The minimum atomic E-state index is -3.86. The summed E-state index contributed by atoms with van der Waals surface area (Å²) in [6.45, 7) is 2.19. The fourth-order valence-corrected chi connectivity index (χ4v) is 5.59. The van der Waals surface area contributed by atoms with Gasteiger partial charge in [-0.1, -0.05) is 15.9 Å². The fourth-order valence-electron chi connectivity index (χ4n) is 2.04. The zero-order valence-corrected chi connectivity index (χ0v) is 13.9. The molecule has 1 aliphatic heterocycles. The van der Waals surface area contributed by atoms with Crippen molar-refractivity contribution >= 4 is 43.4 Å². The third-order valence-corrected chi connectivity index (χ3v) is 6.74. The number of nitro groups is 1. The van der Waals surface area contributed by atoms with Crippen molar-refractivity contribution in [2.24, 2.45) is 0 Å². The van der Waals surface area contributed by atoms with E-state index in [1.54, 1.807) is 11.8 Å². The van der Waals surface area contributed by atoms with Crippen LogP contribution in [0.3, 0.4) is 0 Å². The Bertz CT molecular complexity index is 635. The molecule has 110 valence electrons. The van der Waals surface area contributed by atoms with E-state index in [1.807, 2.05) is 6.92 Å². The monoisotopic (exact) mass is 380 g/mol. The smallest absolute Gasteiger partial charge is 0.258 e. The van der Waals surface area contributed by atoms with Gasteiger partial charge in [0.1, 0.15) is 0 Å². The van der Waals surface area contributed by atoms with Crippen LogP contribution < -0.4 is 0 Å². The molecule has 1 saturated heterocycles. The molecule has 1 unspecified atom stereocenters. The third kappa shape index (κ3) is 3.00. The van der Waals surface area contributed by atoms with Crippen molar-refractivity contribution in [1.29, 1.82) is 0 Å². The molecular formula is C11H13BrN2O4S2. The molecule has 0 spiro atoms. The summed E-state index contributed by atoms with van der Waals surface area (Å²) in [5.41, 5.74) is -0.390. The number of halogens is 1. The summed E-state index contributed by atoms with van der Waals surface area (Å²) >= 11 is 4.85. The second-order valence-corrected chi connectivity index (χ2v) is 8.33. The highest BCUT2D eigenvalue weighted by atomic mass is 79.9. The van der Waals surface area contributed by atoms with Crippen LogP contribution in [-0.4, -0.2) is 41.7 Å². The molecule has 20 heavy (non-hydrogen) atoms. The Morgan fingerprint density at radius 2 is 2.20 bits per heavy atom. The van der Waals surface area contributed by atoms with E-state index < -0.39 is 20.6 Å². The van der Waals surface area contributed by atoms with Crippen LogP contribution in [-0.2, 0) is 10.0 Å². The predicted molar refractivity (Wildman–Crippen MR) is 81.5 cm³/mol. The minimum Gasteiger partial charge on any atom is -0.258 e. The summed E-state index contributed by atoms with van der Waals surface area (Å²) in [5.74, 6) is 1.40. The summed E-state index contributed by atoms with van der Waals surface area (Å²) in [4.78, 5) is 10.1. The van der Waals surface area contributed by atoms with Crippen LogP contribution in [0.1, 0.15) is 6.92 Å². The zero-order valence-electron chi connectivity index (χ0n) is 10.7. The molecule has 1 aromatic carbocycles. The molecule has 0 aromatic heterocycles. The Hall–Kier alpha value is -0.640. The number of hydrogen-bond acceptors (Lipinski definition) is 5. The van der Waals surface area contributed by atoms with Gasteiger partial charge < -0.3 is 0 Å². The topological polar surface area (TPSA) is 80.5 Å². The molecule has 0 N–H and O–H groups in total. The van der Waals surface area contributed by atoms with Crippen molar-refractivity contribution in [1.82, 2.24) is 4.31 Å². The molecule has 0 aliphatic carbocycles. The maximum atomic E-state index is 12.7. The van der Waals surface area contributed by atoms with Crippen LogP contribution in [0.4, 0.5) is 5.69 Å². The number of hydrogen-bond donors (Lipinski definition) is 0. The lowest BCUT2D eigenvalue weighted by molar-refractivity contribution is -0.387. The third-order valence-electron chi connectivity index (χ3n) is 3.01. The van der Waals surface area contributed by atoms with Gasteiger partial charge in [-0.3, -0.25) is 10.1 Å². The quantitative estimate of drug-likeness (QED) is 0.594. The molecule has 2 rings (SSSR count). The van der Waals surface area contributed by atoms with Crippen molar-refractivity contribution in [3.8, 4) is 0 Å². The molecule has 0 saturated carbocycles. The average molecular weight is 381 g/mol. The van der Waals surface area contributed by atoms with E-state index >= 15 is 0 Å². The van der Waals surface area contributed by atoms with E-state index in [4.69, 9.17) is 0 Å². The van der Waals surface area contributed by atoms with E-state index in [-0.39, 0.29) is 10.9 Å². The van der Waals surface area contributed by atoms with E-state index in [9.17, 15) is 18.5 Å². The van der Waals surface area contributed by atoms with Crippen LogP contribution in [0, 0.1) is 10.1 Å². The maximum Gasteiger partial charge on any atom is 0.289 e. The molecule has 1 atom stereocenters. The highest BCUT2D eigenvalue weighted by molar-refractivity contribution is 9.10. The number of sulfonamides is 1. The van der Waals surface area contributed by atoms with Crippen molar-refractivity contribution in [2.75, 3.05) is 18.1 Å². The highest BCUT2D eigenvalue weighted by Crippen LogP contribution is 2.32. The summed E-state index contributed by atoms with van der Waals surface area (Å²) in [5, 5.41) is 11.0. The first-order valence-corrected chi connectivity index (χ1v) is 9.26. The Balaban J connectivity index is 2.53. The van der Waals surface area contributed by atoms with Gasteiger partial charge in [0, 0.05) is 34.6 Å². The number of nitrogens with zero attached hydrogens (tertiary/aromatic N) is 2. The van der Waals surface area contributed by atoms with Crippen molar-refractivity contribution in [3.63, 3.8) is 0 Å². The second-order valence-electron chi connectivity index (χ2n) is 4.41. The lowest BCUT2D eigenvalue weighted by atomic mass is 10.3. The largest absolute Gasteiger partial charge is 0.289 e. The number of rotatable bonds is 3. The van der Waals surface area contributed by atoms with Crippen LogP contribution in [0.25, 0.3) is 0 Å². The van der Waals surface area contributed by atoms with Gasteiger partial charge in [0.25, 0.3) is 5.69 Å². The standard InChI is InChI=1S/C11H13BrN2O4S2/c1-8-7-19-5-4-13(8)20(17,18)11-6-9(12)2-3-10(11)14(15)16/h2-3,6,8H,4-5,7H2,1H3. The average Bonchev–Trinajstić information content (AvgIpc) is 2.38. The first kappa shape index (κ1) is 15.7. The van der Waals surface area contributed by atoms with E-state index in [1.165, 1.54) is 22.5 Å². The molecule has 9 heteroatoms. The Labute approximate surface area is 129 Å². The molecule has 6 nitrogen and oxygen atoms in total. The molecule has 1 heterocycles. The molecule has 1 aromatic rings. The normalized spacial score (nSPS) is 20.8. The van der Waals surface area contributed by atoms with E-state index in [0.29, 0.717) is 22.5 Å². The van der Waals surface area contributed by atoms with Gasteiger partial charge in [0.2, 0.25) is 10.0 Å². The Kier molecular flexibility index (Phi) is 4.73. The van der Waals surface area contributed by atoms with Gasteiger partial charge in [-0.25, -0.2) is 8.42 Å². The first-order chi connectivity index (χ1) is 9.34. The summed E-state index contributed by atoms with van der Waals surface area (Å²) in [7, 11) is -3.86. The minimum absolute atomic E-state index is 0.169. The number of thioether (sulfide) groups is 1. The molecule has 0 amide bonds. The van der Waals surface area contributed by atoms with Gasteiger partial charge in [-0.05, 0) is 19.1 Å². The van der Waals surface area contributed by atoms with E-state index in [0.717, 1.165) is 0 Å². The summed E-state index contributed by atoms with van der Waals surface area (Å²) < 4.78 is 27.2. The lowest BCUT2D eigenvalue weighted by Gasteiger charge is -2.31. The number of benzene rings is 1. The molecule has 1 aliphatic rings. The number of nitro benzene ring substituents is 1. The van der Waals surface area contributed by atoms with Gasteiger partial charge in [-0.2, -0.15) is 16.1 Å². The molecular weight excluding hydrogens is 368 g/mol. The summed E-state index contributed by atoms with van der Waals surface area (Å²) in [6, 6.07) is 3.80. The van der Waals surface area contributed by atoms with Gasteiger partial charge in [0.15, 0.2) is 4.90 Å². The van der Waals surface area contributed by atoms with Gasteiger partial charge in [0.05, 0.1) is 4.92 Å². The molecule has 1 fully saturated rings. The molecule has 0 radical (unpaired) electrons. The zero-order chi connectivity index (χ0) is 14.9. The molecule has 0 bridgehead atoms. The maximum absolute atomic E-state index is 12.7. The van der Waals surface area contributed by atoms with Gasteiger partial charge >= 0.3 is 0 Å². The van der Waals surface area contributed by atoms with Crippen molar-refractivity contribution in [3.05, 3.63) is 32.8 Å². The fraction of sp³-hybridized carbons (Fsp3) is 0.455. The Morgan fingerprint density at radius 1 is 1.50 bits per heavy atom. The highest BCUT2D eigenvalue weighted by Gasteiger charge is 2.35. The van der Waals surface area contributed by atoms with Crippen molar-refractivity contribution in [2.45, 2.75) is 17.9 Å². The van der Waals surface area contributed by atoms with Crippen molar-refractivity contribution < 1.29 is 13.3 Å². The second kappa shape index (κ2) is 6.00. The first-order valence-electron chi connectivity index (χ1n) is 5.87. The van der Waals surface area contributed by atoms with Crippen LogP contribution in [0.15, 0.2) is 27.6 Å². The SMILES string of the molecule is CC1CSCCN1S(=O)(=O)c1cc(Br)ccc1[N+](=O)[O-]. The summed E-state index contributed by atoms with van der Waals surface area (Å²) in [6.07, 6.45) is 0. The van der Waals surface area contributed by atoms with Crippen LogP contribution >= 0.6 is 27.7 Å². The van der Waals surface area contributed by atoms with Crippen LogP contribution in [0.2, 0.25) is 0 Å². The predicted octanol–water partition coefficient (Wildman–Crippen LogP) is 2.48. The van der Waals surface area contributed by atoms with Gasteiger partial charge in [-0.15, -0.1) is 0 Å². The Morgan fingerprint density at radius 3 is 2.80 bits per heavy atom. The van der Waals surface area contributed by atoms with E-state index in [2.05, 4.69) is 15.9 Å². The van der Waals surface area contributed by atoms with Crippen LogP contribution in [0.5, 0.6) is 0 Å².